The van der Waals surface area contributed by atoms with E-state index in [-0.39, 0.29) is 12.1 Å². The number of para-hydroxylation sites is 2. The van der Waals surface area contributed by atoms with Crippen molar-refractivity contribution in [2.24, 2.45) is 0 Å². The van der Waals surface area contributed by atoms with Gasteiger partial charge in [-0.2, -0.15) is 0 Å². The quantitative estimate of drug-likeness (QED) is 0.485. The smallest absolute Gasteiger partial charge is 0.336 e. The van der Waals surface area contributed by atoms with Gasteiger partial charge in [0.1, 0.15) is 17.0 Å². The molecular formula is C24H23N3O4S. The molecule has 0 bridgehead atoms. The van der Waals surface area contributed by atoms with E-state index in [4.69, 9.17) is 4.74 Å². The van der Waals surface area contributed by atoms with Gasteiger partial charge in [0.2, 0.25) is 5.91 Å². The lowest BCUT2D eigenvalue weighted by molar-refractivity contribution is -0.116. The van der Waals surface area contributed by atoms with E-state index in [1.165, 1.54) is 15.9 Å². The number of aryl methyl sites for hydroxylation is 1. The first-order valence-corrected chi connectivity index (χ1v) is 11.1. The minimum atomic E-state index is -0.553. The lowest BCUT2D eigenvalue weighted by Crippen LogP contribution is -2.40. The molecule has 2 aromatic heterocycles. The van der Waals surface area contributed by atoms with Gasteiger partial charge in [0.05, 0.1) is 23.5 Å². The van der Waals surface area contributed by atoms with Crippen molar-refractivity contribution in [3.8, 4) is 11.4 Å². The molecule has 7 nitrogen and oxygen atoms in total. The Morgan fingerprint density at radius 2 is 1.84 bits per heavy atom. The SMILES string of the molecule is CCOc1ccccc1NC(=O)Cn1c(=O)n(-c2cccc(C)c2C)c(=O)c2sccc21. The highest BCUT2D eigenvalue weighted by Gasteiger charge is 2.19. The van der Waals surface area contributed by atoms with Crippen LogP contribution in [0.1, 0.15) is 18.1 Å². The molecule has 0 unspecified atom stereocenters. The van der Waals surface area contributed by atoms with Crippen LogP contribution in [0.15, 0.2) is 63.5 Å². The average molecular weight is 450 g/mol. The van der Waals surface area contributed by atoms with Crippen molar-refractivity contribution < 1.29 is 9.53 Å². The molecule has 0 aliphatic rings. The number of hydrogen-bond acceptors (Lipinski definition) is 5. The summed E-state index contributed by atoms with van der Waals surface area (Å²) in [5.41, 5.74) is 2.36. The van der Waals surface area contributed by atoms with Gasteiger partial charge in [0.15, 0.2) is 0 Å². The molecule has 0 saturated carbocycles. The number of nitrogens with one attached hydrogen (secondary N) is 1. The molecule has 8 heteroatoms. The van der Waals surface area contributed by atoms with Crippen LogP contribution in [0, 0.1) is 13.8 Å². The molecule has 0 radical (unpaired) electrons. The molecule has 0 aliphatic carbocycles. The van der Waals surface area contributed by atoms with E-state index in [1.54, 1.807) is 35.7 Å². The van der Waals surface area contributed by atoms with Crippen molar-refractivity contribution >= 4 is 33.1 Å². The predicted octanol–water partition coefficient (Wildman–Crippen LogP) is 3.87. The standard InChI is InChI=1S/C24H23N3O4S/c1-4-31-20-11-6-5-9-17(20)25-21(28)14-26-19-12-13-32-22(19)23(29)27(24(26)30)18-10-7-8-15(2)16(18)3/h5-13H,4,14H2,1-3H3,(H,25,28). The predicted molar refractivity (Wildman–Crippen MR) is 127 cm³/mol. The maximum Gasteiger partial charge on any atom is 0.336 e. The van der Waals surface area contributed by atoms with Crippen molar-refractivity contribution in [1.29, 1.82) is 0 Å². The number of anilines is 1. The van der Waals surface area contributed by atoms with Gasteiger partial charge in [-0.15, -0.1) is 11.3 Å². The molecule has 0 saturated heterocycles. The van der Waals surface area contributed by atoms with Crippen LogP contribution >= 0.6 is 11.3 Å². The highest BCUT2D eigenvalue weighted by molar-refractivity contribution is 7.17. The number of rotatable bonds is 6. The Morgan fingerprint density at radius 3 is 2.62 bits per heavy atom. The lowest BCUT2D eigenvalue weighted by atomic mass is 10.1. The van der Waals surface area contributed by atoms with E-state index >= 15 is 0 Å². The van der Waals surface area contributed by atoms with Crippen LogP contribution in [0.25, 0.3) is 15.9 Å². The topological polar surface area (TPSA) is 82.3 Å². The number of aromatic nitrogens is 2. The highest BCUT2D eigenvalue weighted by atomic mass is 32.1. The number of fused-ring (bicyclic) bond motifs is 1. The largest absolute Gasteiger partial charge is 0.492 e. The summed E-state index contributed by atoms with van der Waals surface area (Å²) in [7, 11) is 0. The Morgan fingerprint density at radius 1 is 1.06 bits per heavy atom. The monoisotopic (exact) mass is 449 g/mol. The second-order valence-corrected chi connectivity index (χ2v) is 8.26. The first-order valence-electron chi connectivity index (χ1n) is 10.2. The van der Waals surface area contributed by atoms with Crippen LogP contribution in [0.3, 0.4) is 0 Å². The average Bonchev–Trinajstić information content (AvgIpc) is 3.26. The molecule has 2 heterocycles. The maximum atomic E-state index is 13.4. The van der Waals surface area contributed by atoms with Crippen LogP contribution in [0.5, 0.6) is 5.75 Å². The van der Waals surface area contributed by atoms with E-state index in [0.717, 1.165) is 15.7 Å². The van der Waals surface area contributed by atoms with Crippen molar-refractivity contribution in [2.45, 2.75) is 27.3 Å². The lowest BCUT2D eigenvalue weighted by Gasteiger charge is -2.15. The van der Waals surface area contributed by atoms with Crippen molar-refractivity contribution in [1.82, 2.24) is 9.13 Å². The second-order valence-electron chi connectivity index (χ2n) is 7.34. The van der Waals surface area contributed by atoms with Crippen LogP contribution < -0.4 is 21.3 Å². The molecule has 164 valence electrons. The molecule has 4 rings (SSSR count). The van der Waals surface area contributed by atoms with E-state index in [2.05, 4.69) is 5.32 Å². The molecule has 1 amide bonds. The first kappa shape index (κ1) is 21.6. The van der Waals surface area contributed by atoms with Crippen molar-refractivity contribution in [3.63, 3.8) is 0 Å². The maximum absolute atomic E-state index is 13.4. The van der Waals surface area contributed by atoms with Gasteiger partial charge in [-0.25, -0.2) is 9.36 Å². The normalized spacial score (nSPS) is 11.0. The molecule has 0 fully saturated rings. The number of carbonyl (C=O) groups excluding carboxylic acids is 1. The van der Waals surface area contributed by atoms with Gasteiger partial charge in [0, 0.05) is 0 Å². The summed E-state index contributed by atoms with van der Waals surface area (Å²) in [6.07, 6.45) is 0. The minimum absolute atomic E-state index is 0.238. The van der Waals surface area contributed by atoms with Crippen LogP contribution in [-0.4, -0.2) is 21.6 Å². The number of carbonyl (C=O) groups is 1. The Kier molecular flexibility index (Phi) is 5.96. The number of nitrogens with zero attached hydrogens (tertiary/aromatic N) is 2. The van der Waals surface area contributed by atoms with Crippen LogP contribution in [0.2, 0.25) is 0 Å². The van der Waals surface area contributed by atoms with E-state index < -0.39 is 11.6 Å². The Balaban J connectivity index is 1.79. The third-order valence-corrected chi connectivity index (χ3v) is 6.23. The molecule has 1 N–H and O–H groups in total. The van der Waals surface area contributed by atoms with Crippen molar-refractivity contribution in [3.05, 3.63) is 85.9 Å². The number of ether oxygens (including phenoxy) is 1. The van der Waals surface area contributed by atoms with Gasteiger partial charge < -0.3 is 10.1 Å². The molecule has 32 heavy (non-hydrogen) atoms. The van der Waals surface area contributed by atoms with Gasteiger partial charge in [-0.3, -0.25) is 14.2 Å². The molecular weight excluding hydrogens is 426 g/mol. The Labute approximate surface area is 188 Å². The van der Waals surface area contributed by atoms with Gasteiger partial charge in [-0.1, -0.05) is 24.3 Å². The molecule has 0 atom stereocenters. The highest BCUT2D eigenvalue weighted by Crippen LogP contribution is 2.24. The van der Waals surface area contributed by atoms with Crippen LogP contribution in [-0.2, 0) is 11.3 Å². The number of thiophene rings is 1. The number of amides is 1. The summed E-state index contributed by atoms with van der Waals surface area (Å²) in [5.74, 6) is 0.162. The molecule has 2 aromatic carbocycles. The first-order chi connectivity index (χ1) is 15.4. The number of benzene rings is 2. The van der Waals surface area contributed by atoms with E-state index in [9.17, 15) is 14.4 Å². The van der Waals surface area contributed by atoms with E-state index in [0.29, 0.717) is 33.9 Å². The van der Waals surface area contributed by atoms with E-state index in [1.807, 2.05) is 39.0 Å². The zero-order valence-corrected chi connectivity index (χ0v) is 18.9. The summed E-state index contributed by atoms with van der Waals surface area (Å²) >= 11 is 1.25. The fourth-order valence-electron chi connectivity index (χ4n) is 3.61. The summed E-state index contributed by atoms with van der Waals surface area (Å²) < 4.78 is 8.48. The zero-order valence-electron chi connectivity index (χ0n) is 18.0. The summed E-state index contributed by atoms with van der Waals surface area (Å²) in [4.78, 5) is 39.5. The van der Waals surface area contributed by atoms with Gasteiger partial charge in [0.25, 0.3) is 5.56 Å². The molecule has 0 aliphatic heterocycles. The fourth-order valence-corrected chi connectivity index (χ4v) is 4.44. The zero-order chi connectivity index (χ0) is 22.8. The second kappa shape index (κ2) is 8.84. The summed E-state index contributed by atoms with van der Waals surface area (Å²) in [6, 6.07) is 14.3. The Hall–Kier alpha value is -3.65. The minimum Gasteiger partial charge on any atom is -0.492 e. The summed E-state index contributed by atoms with van der Waals surface area (Å²) in [5, 5.41) is 4.56. The van der Waals surface area contributed by atoms with Gasteiger partial charge in [-0.05, 0) is 61.5 Å². The Bertz CT molecular complexity index is 1430. The number of hydrogen-bond donors (Lipinski definition) is 1. The van der Waals surface area contributed by atoms with Gasteiger partial charge >= 0.3 is 5.69 Å². The third kappa shape index (κ3) is 3.85. The third-order valence-electron chi connectivity index (χ3n) is 5.33. The summed E-state index contributed by atoms with van der Waals surface area (Å²) in [6.45, 7) is 5.88. The van der Waals surface area contributed by atoms with Crippen molar-refractivity contribution in [2.75, 3.05) is 11.9 Å². The molecule has 0 spiro atoms. The van der Waals surface area contributed by atoms with Crippen LogP contribution in [0.4, 0.5) is 5.69 Å². The molecule has 4 aromatic rings. The fraction of sp³-hybridized carbons (Fsp3) is 0.208.